The number of hydrogen-bond acceptors (Lipinski definition) is 2. The van der Waals surface area contributed by atoms with Crippen molar-refractivity contribution >= 4 is 0 Å². The van der Waals surface area contributed by atoms with Gasteiger partial charge in [-0.05, 0) is 62.4 Å². The van der Waals surface area contributed by atoms with Crippen LogP contribution in [0.2, 0.25) is 0 Å². The summed E-state index contributed by atoms with van der Waals surface area (Å²) < 4.78 is 2.20. The number of aromatic nitrogens is 2. The van der Waals surface area contributed by atoms with Crippen molar-refractivity contribution in [3.63, 3.8) is 0 Å². The van der Waals surface area contributed by atoms with E-state index in [0.29, 0.717) is 5.92 Å². The number of para-hydroxylation sites is 1. The second kappa shape index (κ2) is 5.06. The van der Waals surface area contributed by atoms with Crippen LogP contribution in [0, 0.1) is 0 Å². The van der Waals surface area contributed by atoms with Gasteiger partial charge in [0.2, 0.25) is 0 Å². The third kappa shape index (κ3) is 2.16. The lowest BCUT2D eigenvalue weighted by Gasteiger charge is -2.25. The Hall–Kier alpha value is -1.61. The van der Waals surface area contributed by atoms with Crippen LogP contribution < -0.4 is 5.32 Å². The average Bonchev–Trinajstić information content (AvgIpc) is 3.27. The summed E-state index contributed by atoms with van der Waals surface area (Å²) in [6.07, 6.45) is 7.29. The predicted molar refractivity (Wildman–Crippen MR) is 80.4 cm³/mol. The molecule has 2 aromatic rings. The van der Waals surface area contributed by atoms with Gasteiger partial charge in [0, 0.05) is 5.92 Å². The van der Waals surface area contributed by atoms with E-state index in [1.807, 2.05) is 0 Å². The van der Waals surface area contributed by atoms with Crippen LogP contribution >= 0.6 is 0 Å². The molecular formula is C17H21N3. The number of piperidine rings is 1. The van der Waals surface area contributed by atoms with Crippen LogP contribution in [0.5, 0.6) is 0 Å². The number of nitrogens with zero attached hydrogens (tertiary/aromatic N) is 2. The maximum Gasteiger partial charge on any atom is 0.0649 e. The Morgan fingerprint density at radius 1 is 0.950 bits per heavy atom. The molecule has 1 aromatic heterocycles. The SMILES string of the molecule is c1ccc(-n2ncc(C3CC3)c2C2CCNCC2)cc1. The highest BCUT2D eigenvalue weighted by molar-refractivity contribution is 5.39. The van der Waals surface area contributed by atoms with Crippen molar-refractivity contribution in [1.29, 1.82) is 0 Å². The maximum absolute atomic E-state index is 4.72. The molecule has 1 saturated heterocycles. The van der Waals surface area contributed by atoms with Gasteiger partial charge in [0.15, 0.2) is 0 Å². The fourth-order valence-corrected chi connectivity index (χ4v) is 3.36. The lowest BCUT2D eigenvalue weighted by molar-refractivity contribution is 0.444. The number of nitrogens with one attached hydrogen (secondary N) is 1. The smallest absolute Gasteiger partial charge is 0.0649 e. The molecule has 0 radical (unpaired) electrons. The second-order valence-corrected chi connectivity index (χ2v) is 6.03. The first kappa shape index (κ1) is 12.2. The first-order valence-corrected chi connectivity index (χ1v) is 7.77. The molecule has 1 saturated carbocycles. The standard InChI is InChI=1S/C17H21N3/c1-2-4-15(5-3-1)20-17(14-8-10-18-11-9-14)16(12-19-20)13-6-7-13/h1-5,12-14,18H,6-11H2. The monoisotopic (exact) mass is 267 g/mol. The Morgan fingerprint density at radius 2 is 1.70 bits per heavy atom. The van der Waals surface area contributed by atoms with Gasteiger partial charge in [-0.25, -0.2) is 4.68 Å². The largest absolute Gasteiger partial charge is 0.317 e. The molecule has 4 rings (SSSR count). The van der Waals surface area contributed by atoms with Gasteiger partial charge in [0.05, 0.1) is 17.6 Å². The van der Waals surface area contributed by atoms with Gasteiger partial charge in [-0.15, -0.1) is 0 Å². The second-order valence-electron chi connectivity index (χ2n) is 6.03. The van der Waals surface area contributed by atoms with Gasteiger partial charge in [-0.1, -0.05) is 18.2 Å². The third-order valence-electron chi connectivity index (χ3n) is 4.58. The minimum Gasteiger partial charge on any atom is -0.317 e. The number of benzene rings is 1. The van der Waals surface area contributed by atoms with Crippen LogP contribution in [0.15, 0.2) is 36.5 Å². The van der Waals surface area contributed by atoms with Crippen molar-refractivity contribution in [2.24, 2.45) is 0 Å². The fourth-order valence-electron chi connectivity index (χ4n) is 3.36. The van der Waals surface area contributed by atoms with Crippen molar-refractivity contribution in [2.45, 2.75) is 37.5 Å². The molecule has 1 aliphatic carbocycles. The molecule has 3 heteroatoms. The van der Waals surface area contributed by atoms with Crippen LogP contribution in [-0.2, 0) is 0 Å². The summed E-state index contributed by atoms with van der Waals surface area (Å²) in [5, 5.41) is 8.19. The summed E-state index contributed by atoms with van der Waals surface area (Å²) in [6.45, 7) is 2.27. The minimum absolute atomic E-state index is 0.662. The van der Waals surface area contributed by atoms with Gasteiger partial charge < -0.3 is 5.32 Å². The van der Waals surface area contributed by atoms with E-state index >= 15 is 0 Å². The topological polar surface area (TPSA) is 29.9 Å². The van der Waals surface area contributed by atoms with Crippen molar-refractivity contribution in [3.05, 3.63) is 47.8 Å². The van der Waals surface area contributed by atoms with Gasteiger partial charge in [-0.3, -0.25) is 0 Å². The van der Waals surface area contributed by atoms with Crippen molar-refractivity contribution in [2.75, 3.05) is 13.1 Å². The summed E-state index contributed by atoms with van der Waals surface area (Å²) >= 11 is 0. The summed E-state index contributed by atoms with van der Waals surface area (Å²) in [7, 11) is 0. The molecule has 0 spiro atoms. The Morgan fingerprint density at radius 3 is 2.40 bits per heavy atom. The predicted octanol–water partition coefficient (Wildman–Crippen LogP) is 3.22. The van der Waals surface area contributed by atoms with Gasteiger partial charge in [-0.2, -0.15) is 5.10 Å². The summed E-state index contributed by atoms with van der Waals surface area (Å²) in [6, 6.07) is 10.6. The van der Waals surface area contributed by atoms with Crippen LogP contribution in [0.3, 0.4) is 0 Å². The van der Waals surface area contributed by atoms with Crippen LogP contribution in [-0.4, -0.2) is 22.9 Å². The van der Waals surface area contributed by atoms with E-state index in [1.165, 1.54) is 42.6 Å². The Labute approximate surface area is 120 Å². The molecule has 20 heavy (non-hydrogen) atoms. The van der Waals surface area contributed by atoms with E-state index in [-0.39, 0.29) is 0 Å². The van der Waals surface area contributed by atoms with Crippen LogP contribution in [0.25, 0.3) is 5.69 Å². The maximum atomic E-state index is 4.72. The summed E-state index contributed by atoms with van der Waals surface area (Å²) in [4.78, 5) is 0. The van der Waals surface area contributed by atoms with Crippen molar-refractivity contribution in [1.82, 2.24) is 15.1 Å². The first-order valence-electron chi connectivity index (χ1n) is 7.77. The van der Waals surface area contributed by atoms with Crippen molar-refractivity contribution in [3.8, 4) is 5.69 Å². The molecule has 2 heterocycles. The van der Waals surface area contributed by atoms with E-state index in [4.69, 9.17) is 5.10 Å². The molecular weight excluding hydrogens is 246 g/mol. The fraction of sp³-hybridized carbons (Fsp3) is 0.471. The number of rotatable bonds is 3. The highest BCUT2D eigenvalue weighted by Crippen LogP contribution is 2.45. The van der Waals surface area contributed by atoms with Gasteiger partial charge in [0.25, 0.3) is 0 Å². The molecule has 0 atom stereocenters. The highest BCUT2D eigenvalue weighted by atomic mass is 15.3. The Bertz CT molecular complexity index is 578. The molecule has 1 N–H and O–H groups in total. The zero-order valence-electron chi connectivity index (χ0n) is 11.8. The Kier molecular flexibility index (Phi) is 3.07. The molecule has 2 aliphatic rings. The van der Waals surface area contributed by atoms with Gasteiger partial charge >= 0.3 is 0 Å². The lowest BCUT2D eigenvalue weighted by Crippen LogP contribution is -2.28. The highest BCUT2D eigenvalue weighted by Gasteiger charge is 2.32. The molecule has 1 aliphatic heterocycles. The molecule has 0 unspecified atom stereocenters. The normalized spacial score (nSPS) is 20.2. The average molecular weight is 267 g/mol. The third-order valence-corrected chi connectivity index (χ3v) is 4.58. The van der Waals surface area contributed by atoms with E-state index < -0.39 is 0 Å². The minimum atomic E-state index is 0.662. The summed E-state index contributed by atoms with van der Waals surface area (Å²) in [5.74, 6) is 1.44. The molecule has 1 aromatic carbocycles. The van der Waals surface area contributed by atoms with Gasteiger partial charge in [0.1, 0.15) is 0 Å². The van der Waals surface area contributed by atoms with E-state index in [2.05, 4.69) is 46.5 Å². The lowest BCUT2D eigenvalue weighted by atomic mass is 9.90. The zero-order chi connectivity index (χ0) is 13.4. The first-order chi connectivity index (χ1) is 9.93. The van der Waals surface area contributed by atoms with Crippen LogP contribution in [0.4, 0.5) is 0 Å². The molecule has 0 amide bonds. The molecule has 104 valence electrons. The quantitative estimate of drug-likeness (QED) is 0.925. The zero-order valence-corrected chi connectivity index (χ0v) is 11.8. The molecule has 2 fully saturated rings. The van der Waals surface area contributed by atoms with Crippen molar-refractivity contribution < 1.29 is 0 Å². The van der Waals surface area contributed by atoms with E-state index in [1.54, 1.807) is 0 Å². The summed E-state index contributed by atoms with van der Waals surface area (Å²) in [5.41, 5.74) is 4.20. The Balaban J connectivity index is 1.78. The van der Waals surface area contributed by atoms with E-state index in [9.17, 15) is 0 Å². The molecule has 0 bridgehead atoms. The van der Waals surface area contributed by atoms with Crippen LogP contribution in [0.1, 0.15) is 48.8 Å². The molecule has 3 nitrogen and oxygen atoms in total. The number of hydrogen-bond donors (Lipinski definition) is 1. The van der Waals surface area contributed by atoms with E-state index in [0.717, 1.165) is 19.0 Å².